The van der Waals surface area contributed by atoms with Gasteiger partial charge in [-0.05, 0) is 25.8 Å². The second kappa shape index (κ2) is 5.91. The van der Waals surface area contributed by atoms with Gasteiger partial charge >= 0.3 is 5.97 Å². The fourth-order valence-corrected chi connectivity index (χ4v) is 2.06. The Hall–Kier alpha value is -1.78. The van der Waals surface area contributed by atoms with Gasteiger partial charge in [-0.15, -0.1) is 0 Å². The highest BCUT2D eigenvalue weighted by Gasteiger charge is 2.35. The number of ether oxygens (including phenoxy) is 1. The largest absolute Gasteiger partial charge is 0.469 e. The molecule has 104 valence electrons. The van der Waals surface area contributed by atoms with E-state index in [1.165, 1.54) is 6.26 Å². The van der Waals surface area contributed by atoms with Crippen molar-refractivity contribution < 1.29 is 18.7 Å². The van der Waals surface area contributed by atoms with Crippen molar-refractivity contribution in [1.82, 2.24) is 4.90 Å². The van der Waals surface area contributed by atoms with Gasteiger partial charge < -0.3 is 14.1 Å². The molecule has 1 aliphatic carbocycles. The van der Waals surface area contributed by atoms with Crippen LogP contribution in [0.2, 0.25) is 0 Å². The van der Waals surface area contributed by atoms with Crippen LogP contribution in [0.5, 0.6) is 0 Å². The van der Waals surface area contributed by atoms with Crippen LogP contribution in [-0.4, -0.2) is 36.0 Å². The Morgan fingerprint density at radius 1 is 1.42 bits per heavy atom. The molecule has 0 radical (unpaired) electrons. The molecule has 1 aliphatic rings. The van der Waals surface area contributed by atoms with Crippen LogP contribution >= 0.6 is 0 Å². The van der Waals surface area contributed by atoms with Crippen LogP contribution in [0, 0.1) is 0 Å². The third-order valence-corrected chi connectivity index (χ3v) is 3.15. The molecule has 0 bridgehead atoms. The molecule has 19 heavy (non-hydrogen) atoms. The van der Waals surface area contributed by atoms with Gasteiger partial charge in [0.15, 0.2) is 0 Å². The van der Waals surface area contributed by atoms with Crippen LogP contribution < -0.4 is 0 Å². The van der Waals surface area contributed by atoms with Crippen molar-refractivity contribution in [2.45, 2.75) is 39.2 Å². The van der Waals surface area contributed by atoms with Gasteiger partial charge in [0, 0.05) is 12.5 Å². The molecule has 0 aliphatic heterocycles. The SMILES string of the molecule is CCOC(=O)CN(C(=O)c1ccoc1CC)C1CC1. The number of hydrogen-bond donors (Lipinski definition) is 0. The first-order chi connectivity index (χ1) is 9.17. The van der Waals surface area contributed by atoms with E-state index in [2.05, 4.69) is 0 Å². The fourth-order valence-electron chi connectivity index (χ4n) is 2.06. The van der Waals surface area contributed by atoms with E-state index in [1.54, 1.807) is 17.9 Å². The van der Waals surface area contributed by atoms with Crippen molar-refractivity contribution in [2.24, 2.45) is 0 Å². The van der Waals surface area contributed by atoms with Gasteiger partial charge in [-0.2, -0.15) is 0 Å². The fraction of sp³-hybridized carbons (Fsp3) is 0.571. The standard InChI is InChI=1S/C14H19NO4/c1-3-12-11(7-8-19-12)14(17)15(10-5-6-10)9-13(16)18-4-2/h7-8,10H,3-6,9H2,1-2H3. The van der Waals surface area contributed by atoms with E-state index in [0.29, 0.717) is 24.4 Å². The Bertz CT molecular complexity index is 462. The summed E-state index contributed by atoms with van der Waals surface area (Å²) in [4.78, 5) is 25.6. The minimum atomic E-state index is -0.357. The number of hydrogen-bond acceptors (Lipinski definition) is 4. The van der Waals surface area contributed by atoms with E-state index in [-0.39, 0.29) is 24.5 Å². The first-order valence-electron chi connectivity index (χ1n) is 6.70. The van der Waals surface area contributed by atoms with Gasteiger partial charge in [-0.1, -0.05) is 6.92 Å². The molecule has 1 amide bonds. The molecule has 0 aromatic carbocycles. The Labute approximate surface area is 112 Å². The van der Waals surface area contributed by atoms with Crippen molar-refractivity contribution in [1.29, 1.82) is 0 Å². The molecule has 0 N–H and O–H groups in total. The number of rotatable bonds is 6. The average molecular weight is 265 g/mol. The summed E-state index contributed by atoms with van der Waals surface area (Å²) in [5, 5.41) is 0. The zero-order chi connectivity index (χ0) is 13.8. The predicted molar refractivity (Wildman–Crippen MR) is 68.8 cm³/mol. The van der Waals surface area contributed by atoms with E-state index in [1.807, 2.05) is 6.92 Å². The van der Waals surface area contributed by atoms with Gasteiger partial charge in [-0.3, -0.25) is 9.59 Å². The molecule has 1 aromatic rings. The topological polar surface area (TPSA) is 59.8 Å². The first kappa shape index (κ1) is 13.6. The molecular weight excluding hydrogens is 246 g/mol. The maximum absolute atomic E-state index is 12.5. The minimum absolute atomic E-state index is 0.0195. The quantitative estimate of drug-likeness (QED) is 0.738. The van der Waals surface area contributed by atoms with Gasteiger partial charge in [0.2, 0.25) is 0 Å². The van der Waals surface area contributed by atoms with Crippen molar-refractivity contribution >= 4 is 11.9 Å². The molecule has 5 heteroatoms. The second-order valence-electron chi connectivity index (χ2n) is 4.58. The van der Waals surface area contributed by atoms with Crippen LogP contribution in [-0.2, 0) is 16.0 Å². The normalized spacial score (nSPS) is 14.2. The first-order valence-corrected chi connectivity index (χ1v) is 6.70. The van der Waals surface area contributed by atoms with Crippen molar-refractivity contribution in [2.75, 3.05) is 13.2 Å². The summed E-state index contributed by atoms with van der Waals surface area (Å²) in [6, 6.07) is 1.83. The molecule has 0 atom stereocenters. The van der Waals surface area contributed by atoms with Gasteiger partial charge in [0.1, 0.15) is 12.3 Å². The lowest BCUT2D eigenvalue weighted by Gasteiger charge is -2.21. The zero-order valence-corrected chi connectivity index (χ0v) is 11.3. The average Bonchev–Trinajstić information content (AvgIpc) is 3.12. The third-order valence-electron chi connectivity index (χ3n) is 3.15. The van der Waals surface area contributed by atoms with Gasteiger partial charge in [-0.25, -0.2) is 0 Å². The number of esters is 1. The van der Waals surface area contributed by atoms with Gasteiger partial charge in [0.25, 0.3) is 5.91 Å². The highest BCUT2D eigenvalue weighted by Crippen LogP contribution is 2.29. The maximum Gasteiger partial charge on any atom is 0.325 e. The molecule has 2 rings (SSSR count). The summed E-state index contributed by atoms with van der Waals surface area (Å²) in [6.45, 7) is 4.04. The highest BCUT2D eigenvalue weighted by atomic mass is 16.5. The van der Waals surface area contributed by atoms with Crippen molar-refractivity contribution in [3.8, 4) is 0 Å². The lowest BCUT2D eigenvalue weighted by Crippen LogP contribution is -2.38. The highest BCUT2D eigenvalue weighted by molar-refractivity contribution is 5.97. The Morgan fingerprint density at radius 3 is 2.74 bits per heavy atom. The summed E-state index contributed by atoms with van der Waals surface area (Å²) in [6.07, 6.45) is 4.07. The monoisotopic (exact) mass is 265 g/mol. The maximum atomic E-state index is 12.5. The number of aryl methyl sites for hydroxylation is 1. The van der Waals surface area contributed by atoms with Crippen LogP contribution in [0.25, 0.3) is 0 Å². The summed E-state index contributed by atoms with van der Waals surface area (Å²) < 4.78 is 10.2. The molecule has 0 spiro atoms. The number of nitrogens with zero attached hydrogens (tertiary/aromatic N) is 1. The van der Waals surface area contributed by atoms with Crippen molar-refractivity contribution in [3.63, 3.8) is 0 Å². The molecule has 1 saturated carbocycles. The molecular formula is C14H19NO4. The number of amides is 1. The van der Waals surface area contributed by atoms with E-state index in [4.69, 9.17) is 9.15 Å². The van der Waals surface area contributed by atoms with Crippen LogP contribution in [0.4, 0.5) is 0 Å². The van der Waals surface area contributed by atoms with Gasteiger partial charge in [0.05, 0.1) is 18.4 Å². The molecule has 1 aromatic heterocycles. The predicted octanol–water partition coefficient (Wildman–Crippen LogP) is 2.01. The van der Waals surface area contributed by atoms with Crippen LogP contribution in [0.1, 0.15) is 42.8 Å². The summed E-state index contributed by atoms with van der Waals surface area (Å²) >= 11 is 0. The number of carbonyl (C=O) groups excluding carboxylic acids is 2. The minimum Gasteiger partial charge on any atom is -0.469 e. The molecule has 0 unspecified atom stereocenters. The molecule has 5 nitrogen and oxygen atoms in total. The van der Waals surface area contributed by atoms with Crippen LogP contribution in [0.3, 0.4) is 0 Å². The number of carbonyl (C=O) groups is 2. The lowest BCUT2D eigenvalue weighted by atomic mass is 10.2. The second-order valence-corrected chi connectivity index (χ2v) is 4.58. The third kappa shape index (κ3) is 3.16. The summed E-state index contributed by atoms with van der Waals surface area (Å²) in [5.41, 5.74) is 0.554. The van der Waals surface area contributed by atoms with E-state index < -0.39 is 0 Å². The van der Waals surface area contributed by atoms with E-state index >= 15 is 0 Å². The van der Waals surface area contributed by atoms with E-state index in [9.17, 15) is 9.59 Å². The Morgan fingerprint density at radius 2 is 2.16 bits per heavy atom. The molecule has 1 fully saturated rings. The lowest BCUT2D eigenvalue weighted by molar-refractivity contribution is -0.144. The summed E-state index contributed by atoms with van der Waals surface area (Å²) in [5.74, 6) is 0.171. The molecule has 1 heterocycles. The Kier molecular flexibility index (Phi) is 4.24. The molecule has 0 saturated heterocycles. The zero-order valence-electron chi connectivity index (χ0n) is 11.3. The smallest absolute Gasteiger partial charge is 0.325 e. The number of furan rings is 1. The van der Waals surface area contributed by atoms with E-state index in [0.717, 1.165) is 12.8 Å². The Balaban J connectivity index is 2.10. The van der Waals surface area contributed by atoms with Crippen LogP contribution in [0.15, 0.2) is 16.7 Å². The van der Waals surface area contributed by atoms with Crippen molar-refractivity contribution in [3.05, 3.63) is 23.7 Å². The summed E-state index contributed by atoms with van der Waals surface area (Å²) in [7, 11) is 0.